The van der Waals surface area contributed by atoms with Crippen LogP contribution in [-0.2, 0) is 0 Å². The van der Waals surface area contributed by atoms with Gasteiger partial charge >= 0.3 is 0 Å². The zero-order valence-electron chi connectivity index (χ0n) is 12.7. The molecule has 2 saturated carbocycles. The normalized spacial score (nSPS) is 38.9. The van der Waals surface area contributed by atoms with Gasteiger partial charge in [0.2, 0.25) is 0 Å². The molecule has 1 heterocycles. The molecular formula is C16H28N2S. The summed E-state index contributed by atoms with van der Waals surface area (Å²) in [7, 11) is 0. The molecule has 2 unspecified atom stereocenters. The van der Waals surface area contributed by atoms with Gasteiger partial charge in [0, 0.05) is 17.8 Å². The van der Waals surface area contributed by atoms with Crippen molar-refractivity contribution in [1.82, 2.24) is 5.32 Å². The van der Waals surface area contributed by atoms with E-state index >= 15 is 0 Å². The van der Waals surface area contributed by atoms with Gasteiger partial charge < -0.3 is 5.32 Å². The SMILES string of the molecule is CC1CCCC2(CSC(=NCC3(C(C)C)CC3)N2)C1. The fraction of sp³-hybridized carbons (Fsp3) is 0.938. The van der Waals surface area contributed by atoms with Gasteiger partial charge in [-0.25, -0.2) is 0 Å². The lowest BCUT2D eigenvalue weighted by atomic mass is 9.78. The molecule has 0 radical (unpaired) electrons. The van der Waals surface area contributed by atoms with E-state index in [-0.39, 0.29) is 0 Å². The molecule has 3 fully saturated rings. The molecule has 0 amide bonds. The van der Waals surface area contributed by atoms with Crippen molar-refractivity contribution in [3.63, 3.8) is 0 Å². The van der Waals surface area contributed by atoms with Crippen LogP contribution in [0.1, 0.15) is 59.3 Å². The maximum Gasteiger partial charge on any atom is 0.157 e. The molecule has 0 aromatic carbocycles. The van der Waals surface area contributed by atoms with E-state index < -0.39 is 0 Å². The standard InChI is InChI=1S/C16H28N2S/c1-12(2)15(7-8-15)10-17-14-18-16(11-19-14)6-4-5-13(3)9-16/h12-13H,4-11H2,1-3H3,(H,17,18). The minimum Gasteiger partial charge on any atom is -0.359 e. The van der Waals surface area contributed by atoms with Gasteiger partial charge in [-0.05, 0) is 42.9 Å². The summed E-state index contributed by atoms with van der Waals surface area (Å²) in [4.78, 5) is 4.92. The van der Waals surface area contributed by atoms with Gasteiger partial charge in [0.1, 0.15) is 0 Å². The number of hydrogen-bond donors (Lipinski definition) is 1. The average Bonchev–Trinajstić information content (AvgIpc) is 3.06. The Balaban J connectivity index is 1.59. The zero-order chi connectivity index (χ0) is 13.5. The number of aliphatic imine (C=N–C) groups is 1. The van der Waals surface area contributed by atoms with Crippen LogP contribution in [0.4, 0.5) is 0 Å². The molecule has 3 rings (SSSR count). The van der Waals surface area contributed by atoms with Crippen LogP contribution in [-0.4, -0.2) is 23.0 Å². The number of thioether (sulfide) groups is 1. The molecule has 108 valence electrons. The minimum atomic E-state index is 0.385. The summed E-state index contributed by atoms with van der Waals surface area (Å²) in [5.74, 6) is 2.91. The van der Waals surface area contributed by atoms with Crippen molar-refractivity contribution in [2.75, 3.05) is 12.3 Å². The van der Waals surface area contributed by atoms with Crippen LogP contribution < -0.4 is 5.32 Å². The zero-order valence-corrected chi connectivity index (χ0v) is 13.5. The quantitative estimate of drug-likeness (QED) is 0.843. The van der Waals surface area contributed by atoms with E-state index in [1.54, 1.807) is 0 Å². The molecule has 1 spiro atoms. The molecule has 0 aromatic rings. The van der Waals surface area contributed by atoms with Gasteiger partial charge in [-0.2, -0.15) is 0 Å². The topological polar surface area (TPSA) is 24.4 Å². The number of rotatable bonds is 3. The largest absolute Gasteiger partial charge is 0.359 e. The monoisotopic (exact) mass is 280 g/mol. The minimum absolute atomic E-state index is 0.385. The maximum absolute atomic E-state index is 4.92. The van der Waals surface area contributed by atoms with Crippen LogP contribution in [0.25, 0.3) is 0 Å². The molecule has 0 bridgehead atoms. The highest BCUT2D eigenvalue weighted by Crippen LogP contribution is 2.52. The first kappa shape index (κ1) is 13.8. The van der Waals surface area contributed by atoms with Gasteiger partial charge in [-0.15, -0.1) is 0 Å². The van der Waals surface area contributed by atoms with Gasteiger partial charge in [0.25, 0.3) is 0 Å². The van der Waals surface area contributed by atoms with E-state index in [4.69, 9.17) is 4.99 Å². The Hall–Kier alpha value is -0.180. The number of nitrogens with one attached hydrogen (secondary N) is 1. The summed E-state index contributed by atoms with van der Waals surface area (Å²) in [6.45, 7) is 8.16. The number of amidine groups is 1. The van der Waals surface area contributed by atoms with Crippen molar-refractivity contribution in [3.8, 4) is 0 Å². The molecule has 2 aliphatic carbocycles. The van der Waals surface area contributed by atoms with E-state index in [1.807, 2.05) is 11.8 Å². The molecule has 19 heavy (non-hydrogen) atoms. The lowest BCUT2D eigenvalue weighted by Crippen LogP contribution is -2.47. The molecular weight excluding hydrogens is 252 g/mol. The van der Waals surface area contributed by atoms with Crippen LogP contribution in [0, 0.1) is 17.3 Å². The predicted molar refractivity (Wildman–Crippen MR) is 84.8 cm³/mol. The van der Waals surface area contributed by atoms with E-state index in [9.17, 15) is 0 Å². The van der Waals surface area contributed by atoms with Crippen molar-refractivity contribution in [2.24, 2.45) is 22.2 Å². The van der Waals surface area contributed by atoms with Crippen molar-refractivity contribution in [3.05, 3.63) is 0 Å². The first-order chi connectivity index (χ1) is 9.04. The van der Waals surface area contributed by atoms with Crippen LogP contribution >= 0.6 is 11.8 Å². The first-order valence-electron chi connectivity index (χ1n) is 7.99. The smallest absolute Gasteiger partial charge is 0.157 e. The highest BCUT2D eigenvalue weighted by Gasteiger charge is 2.46. The van der Waals surface area contributed by atoms with Gasteiger partial charge in [-0.3, -0.25) is 4.99 Å². The maximum atomic E-state index is 4.92. The third-order valence-corrected chi connectivity index (χ3v) is 6.80. The Morgan fingerprint density at radius 3 is 2.79 bits per heavy atom. The van der Waals surface area contributed by atoms with Crippen molar-refractivity contribution in [1.29, 1.82) is 0 Å². The molecule has 2 atom stereocenters. The molecule has 1 saturated heterocycles. The fourth-order valence-electron chi connectivity index (χ4n) is 3.80. The van der Waals surface area contributed by atoms with Crippen molar-refractivity contribution < 1.29 is 0 Å². The Labute approximate surface area is 122 Å². The third-order valence-electron chi connectivity index (χ3n) is 5.60. The molecule has 1 aliphatic heterocycles. The van der Waals surface area contributed by atoms with Gasteiger partial charge in [0.05, 0.1) is 0 Å². The predicted octanol–water partition coefficient (Wildman–Crippen LogP) is 4.06. The van der Waals surface area contributed by atoms with Crippen LogP contribution in [0.15, 0.2) is 4.99 Å². The van der Waals surface area contributed by atoms with Crippen LogP contribution in [0.3, 0.4) is 0 Å². The summed E-state index contributed by atoms with van der Waals surface area (Å²) in [6, 6.07) is 0. The van der Waals surface area contributed by atoms with Gasteiger partial charge in [0.15, 0.2) is 5.17 Å². The third kappa shape index (κ3) is 2.81. The molecule has 3 aliphatic rings. The van der Waals surface area contributed by atoms with Crippen LogP contribution in [0.2, 0.25) is 0 Å². The van der Waals surface area contributed by atoms with E-state index in [2.05, 4.69) is 26.1 Å². The lowest BCUT2D eigenvalue weighted by molar-refractivity contribution is 0.242. The highest BCUT2D eigenvalue weighted by molar-refractivity contribution is 8.14. The number of hydrogen-bond acceptors (Lipinski definition) is 2. The Morgan fingerprint density at radius 1 is 1.37 bits per heavy atom. The average molecular weight is 280 g/mol. The summed E-state index contributed by atoms with van der Waals surface area (Å²) in [6.07, 6.45) is 8.25. The van der Waals surface area contributed by atoms with E-state index in [1.165, 1.54) is 49.4 Å². The Kier molecular flexibility index (Phi) is 3.61. The summed E-state index contributed by atoms with van der Waals surface area (Å²) in [5, 5.41) is 5.03. The van der Waals surface area contributed by atoms with Gasteiger partial charge in [-0.1, -0.05) is 45.4 Å². The summed E-state index contributed by atoms with van der Waals surface area (Å²) < 4.78 is 0. The Morgan fingerprint density at radius 2 is 2.16 bits per heavy atom. The van der Waals surface area contributed by atoms with E-state index in [0.717, 1.165) is 18.4 Å². The molecule has 2 nitrogen and oxygen atoms in total. The fourth-order valence-corrected chi connectivity index (χ4v) is 5.00. The lowest BCUT2D eigenvalue weighted by Gasteiger charge is -2.36. The molecule has 0 aromatic heterocycles. The summed E-state index contributed by atoms with van der Waals surface area (Å²) in [5.41, 5.74) is 0.931. The Bertz CT molecular complexity index is 373. The van der Waals surface area contributed by atoms with E-state index in [0.29, 0.717) is 11.0 Å². The first-order valence-corrected chi connectivity index (χ1v) is 8.98. The second-order valence-electron chi connectivity index (χ2n) is 7.53. The molecule has 3 heteroatoms. The highest BCUT2D eigenvalue weighted by atomic mass is 32.2. The second-order valence-corrected chi connectivity index (χ2v) is 8.50. The van der Waals surface area contributed by atoms with Crippen molar-refractivity contribution in [2.45, 2.75) is 64.8 Å². The second kappa shape index (κ2) is 4.98. The van der Waals surface area contributed by atoms with Crippen molar-refractivity contribution >= 4 is 16.9 Å². The molecule has 1 N–H and O–H groups in total. The number of nitrogens with zero attached hydrogens (tertiary/aromatic N) is 1. The summed E-state index contributed by atoms with van der Waals surface area (Å²) >= 11 is 1.97. The van der Waals surface area contributed by atoms with Crippen LogP contribution in [0.5, 0.6) is 0 Å².